The summed E-state index contributed by atoms with van der Waals surface area (Å²) >= 11 is 5.77. The highest BCUT2D eigenvalue weighted by atomic mass is 35.5. The number of benzene rings is 1. The minimum Gasteiger partial charge on any atom is -0.280 e. The number of nitrogens with zero attached hydrogens (tertiary/aromatic N) is 1. The number of sulfonamides is 1. The normalized spacial score (nSPS) is 11.4. The summed E-state index contributed by atoms with van der Waals surface area (Å²) < 4.78 is 26.4. The van der Waals surface area contributed by atoms with Gasteiger partial charge in [-0.25, -0.2) is 8.42 Å². The number of nitrogens with one attached hydrogen (secondary N) is 2. The zero-order valence-electron chi connectivity index (χ0n) is 9.64. The highest BCUT2D eigenvalue weighted by Gasteiger charge is 2.15. The largest absolute Gasteiger partial charge is 0.280 e. The molecule has 2 N–H and O–H groups in total. The predicted molar refractivity (Wildman–Crippen MR) is 70.2 cm³/mol. The molecule has 2 rings (SSSR count). The molecular weight excluding hydrogens is 274 g/mol. The topological polar surface area (TPSA) is 74.8 Å². The lowest BCUT2D eigenvalue weighted by molar-refractivity contribution is 0.601. The lowest BCUT2D eigenvalue weighted by Crippen LogP contribution is -2.13. The second kappa shape index (κ2) is 4.99. The molecule has 1 heterocycles. The van der Waals surface area contributed by atoms with Gasteiger partial charge in [0.05, 0.1) is 4.90 Å². The third kappa shape index (κ3) is 2.83. The molecule has 0 aliphatic heterocycles. The second-order valence-electron chi connectivity index (χ2n) is 3.69. The Bertz CT molecular complexity index is 652. The van der Waals surface area contributed by atoms with Gasteiger partial charge in [0.15, 0.2) is 5.82 Å². The first-order chi connectivity index (χ1) is 8.51. The van der Waals surface area contributed by atoms with Crippen LogP contribution in [0.3, 0.4) is 0 Å². The Kier molecular flexibility index (Phi) is 3.58. The summed E-state index contributed by atoms with van der Waals surface area (Å²) in [6.45, 7) is 1.95. The number of aromatic amines is 1. The minimum absolute atomic E-state index is 0.107. The Morgan fingerprint density at radius 1 is 1.39 bits per heavy atom. The van der Waals surface area contributed by atoms with Crippen molar-refractivity contribution >= 4 is 27.4 Å². The van der Waals surface area contributed by atoms with Gasteiger partial charge >= 0.3 is 0 Å². The van der Waals surface area contributed by atoms with E-state index in [9.17, 15) is 8.42 Å². The van der Waals surface area contributed by atoms with E-state index in [2.05, 4.69) is 14.9 Å². The molecule has 0 fully saturated rings. The lowest BCUT2D eigenvalue weighted by atomic mass is 10.3. The maximum atomic E-state index is 12.0. The Hall–Kier alpha value is -1.53. The summed E-state index contributed by atoms with van der Waals surface area (Å²) in [6, 6.07) is 7.71. The van der Waals surface area contributed by atoms with Crippen molar-refractivity contribution in [2.45, 2.75) is 18.2 Å². The molecule has 0 aliphatic rings. The van der Waals surface area contributed by atoms with Crippen LogP contribution < -0.4 is 4.72 Å². The molecule has 1 aromatic heterocycles. The maximum Gasteiger partial charge on any atom is 0.263 e. The molecular formula is C11H12ClN3O2S. The second-order valence-corrected chi connectivity index (χ2v) is 5.81. The number of rotatable bonds is 4. The Labute approximate surface area is 110 Å². The molecule has 0 unspecified atom stereocenters. The first-order valence-electron chi connectivity index (χ1n) is 5.34. The summed E-state index contributed by atoms with van der Waals surface area (Å²) in [5.74, 6) is 0.270. The predicted octanol–water partition coefficient (Wildman–Crippen LogP) is 2.43. The van der Waals surface area contributed by atoms with Gasteiger partial charge in [0, 0.05) is 16.8 Å². The molecule has 0 bridgehead atoms. The fraction of sp³-hybridized carbons (Fsp3) is 0.182. The van der Waals surface area contributed by atoms with E-state index in [-0.39, 0.29) is 10.7 Å². The third-order valence-corrected chi connectivity index (χ3v) is 3.94. The van der Waals surface area contributed by atoms with Crippen LogP contribution in [-0.4, -0.2) is 18.6 Å². The first kappa shape index (κ1) is 12.9. The van der Waals surface area contributed by atoms with Crippen molar-refractivity contribution < 1.29 is 8.42 Å². The number of halogens is 1. The van der Waals surface area contributed by atoms with Gasteiger partial charge in [-0.15, -0.1) is 0 Å². The van der Waals surface area contributed by atoms with Gasteiger partial charge in [0.25, 0.3) is 10.0 Å². The van der Waals surface area contributed by atoms with E-state index in [0.717, 1.165) is 12.1 Å². The fourth-order valence-corrected chi connectivity index (χ4v) is 2.72. The molecule has 0 amide bonds. The van der Waals surface area contributed by atoms with Crippen LogP contribution in [0.5, 0.6) is 0 Å². The van der Waals surface area contributed by atoms with Crippen LogP contribution in [-0.2, 0) is 16.4 Å². The van der Waals surface area contributed by atoms with E-state index in [0.29, 0.717) is 5.02 Å². The number of hydrogen-bond acceptors (Lipinski definition) is 3. The van der Waals surface area contributed by atoms with Crippen LogP contribution in [0.15, 0.2) is 35.2 Å². The molecule has 7 heteroatoms. The van der Waals surface area contributed by atoms with E-state index in [1.165, 1.54) is 12.1 Å². The van der Waals surface area contributed by atoms with E-state index in [1.807, 2.05) is 6.92 Å². The highest BCUT2D eigenvalue weighted by molar-refractivity contribution is 7.92. The molecule has 2 aromatic rings. The van der Waals surface area contributed by atoms with Crippen LogP contribution >= 0.6 is 11.6 Å². The van der Waals surface area contributed by atoms with Gasteiger partial charge in [-0.3, -0.25) is 9.82 Å². The molecule has 0 saturated heterocycles. The van der Waals surface area contributed by atoms with E-state index < -0.39 is 10.0 Å². The van der Waals surface area contributed by atoms with Crippen molar-refractivity contribution in [3.05, 3.63) is 41.0 Å². The minimum atomic E-state index is -3.65. The van der Waals surface area contributed by atoms with Gasteiger partial charge in [0.1, 0.15) is 0 Å². The van der Waals surface area contributed by atoms with Gasteiger partial charge < -0.3 is 0 Å². The summed E-state index contributed by atoms with van der Waals surface area (Å²) in [4.78, 5) is 0.107. The number of aryl methyl sites for hydroxylation is 1. The first-order valence-corrected chi connectivity index (χ1v) is 7.20. The summed E-state index contributed by atoms with van der Waals surface area (Å²) in [7, 11) is -3.65. The van der Waals surface area contributed by atoms with Gasteiger partial charge in [-0.2, -0.15) is 5.10 Å². The lowest BCUT2D eigenvalue weighted by Gasteiger charge is -2.05. The van der Waals surface area contributed by atoms with Gasteiger partial charge in [0.2, 0.25) is 0 Å². The van der Waals surface area contributed by atoms with Gasteiger partial charge in [-0.1, -0.05) is 24.6 Å². The third-order valence-electron chi connectivity index (χ3n) is 2.36. The van der Waals surface area contributed by atoms with Crippen molar-refractivity contribution in [1.82, 2.24) is 10.2 Å². The summed E-state index contributed by atoms with van der Waals surface area (Å²) in [5, 5.41) is 6.98. The molecule has 0 spiro atoms. The Morgan fingerprint density at radius 2 is 2.17 bits per heavy atom. The molecule has 96 valence electrons. The summed E-state index contributed by atoms with van der Waals surface area (Å²) in [5.41, 5.74) is 0.860. The smallest absolute Gasteiger partial charge is 0.263 e. The van der Waals surface area contributed by atoms with Crippen molar-refractivity contribution in [1.29, 1.82) is 0 Å². The van der Waals surface area contributed by atoms with Crippen LogP contribution in [0.2, 0.25) is 5.02 Å². The van der Waals surface area contributed by atoms with Crippen LogP contribution in [0.25, 0.3) is 0 Å². The average Bonchev–Trinajstić information content (AvgIpc) is 2.76. The zero-order valence-corrected chi connectivity index (χ0v) is 11.2. The highest BCUT2D eigenvalue weighted by Crippen LogP contribution is 2.18. The van der Waals surface area contributed by atoms with Crippen molar-refractivity contribution in [3.8, 4) is 0 Å². The van der Waals surface area contributed by atoms with Crippen molar-refractivity contribution in [2.24, 2.45) is 0 Å². The fourth-order valence-electron chi connectivity index (χ4n) is 1.43. The van der Waals surface area contributed by atoms with E-state index >= 15 is 0 Å². The van der Waals surface area contributed by atoms with Crippen LogP contribution in [0.4, 0.5) is 5.82 Å². The SMILES string of the molecule is CCc1cc(NS(=O)(=O)c2cccc(Cl)c2)n[nH]1. The number of H-pyrrole nitrogens is 1. The Balaban J connectivity index is 2.27. The standard InChI is InChI=1S/C11H12ClN3O2S/c1-2-9-7-11(14-13-9)15-18(16,17)10-5-3-4-8(12)6-10/h3-7H,2H2,1H3,(H2,13,14,15). The van der Waals surface area contributed by atoms with Crippen LogP contribution in [0.1, 0.15) is 12.6 Å². The maximum absolute atomic E-state index is 12.0. The van der Waals surface area contributed by atoms with Crippen LogP contribution in [0, 0.1) is 0 Å². The molecule has 0 radical (unpaired) electrons. The number of hydrogen-bond donors (Lipinski definition) is 2. The number of aromatic nitrogens is 2. The van der Waals surface area contributed by atoms with Crippen molar-refractivity contribution in [2.75, 3.05) is 4.72 Å². The number of anilines is 1. The molecule has 0 atom stereocenters. The monoisotopic (exact) mass is 285 g/mol. The summed E-state index contributed by atoms with van der Waals surface area (Å²) in [6.07, 6.45) is 0.756. The quantitative estimate of drug-likeness (QED) is 0.906. The molecule has 0 aliphatic carbocycles. The molecule has 1 aromatic carbocycles. The molecule has 0 saturated carbocycles. The van der Waals surface area contributed by atoms with Crippen molar-refractivity contribution in [3.63, 3.8) is 0 Å². The molecule has 5 nitrogen and oxygen atoms in total. The van der Waals surface area contributed by atoms with E-state index in [4.69, 9.17) is 11.6 Å². The Morgan fingerprint density at radius 3 is 2.78 bits per heavy atom. The average molecular weight is 286 g/mol. The zero-order chi connectivity index (χ0) is 13.2. The van der Waals surface area contributed by atoms with E-state index in [1.54, 1.807) is 18.2 Å². The van der Waals surface area contributed by atoms with Gasteiger partial charge in [-0.05, 0) is 24.6 Å². The molecule has 18 heavy (non-hydrogen) atoms.